The van der Waals surface area contributed by atoms with E-state index < -0.39 is 0 Å². The largest absolute Gasteiger partial charge is 0.309 e. The van der Waals surface area contributed by atoms with E-state index in [0.29, 0.717) is 11.3 Å². The van der Waals surface area contributed by atoms with Crippen LogP contribution in [0.25, 0.3) is 87.3 Å². The maximum absolute atomic E-state index is 10.1. The summed E-state index contributed by atoms with van der Waals surface area (Å²) in [7, 11) is 0. The fourth-order valence-corrected chi connectivity index (χ4v) is 7.57. The van der Waals surface area contributed by atoms with Crippen LogP contribution in [-0.4, -0.2) is 4.57 Å². The molecule has 0 bridgehead atoms. The Morgan fingerprint density at radius 3 is 1.49 bits per heavy atom. The molecule has 3 heteroatoms. The summed E-state index contributed by atoms with van der Waals surface area (Å²) in [5.41, 5.74) is 10.2. The molecule has 49 heavy (non-hydrogen) atoms. The highest BCUT2D eigenvalue weighted by atomic mass is 15.0. The maximum atomic E-state index is 10.1. The summed E-state index contributed by atoms with van der Waals surface area (Å²) >= 11 is 0. The Bertz CT molecular complexity index is 2720. The Balaban J connectivity index is 1.33. The first kappa shape index (κ1) is 28.3. The van der Waals surface area contributed by atoms with Gasteiger partial charge in [-0.2, -0.15) is 5.26 Å². The topological polar surface area (TPSA) is 33.1 Å². The highest BCUT2D eigenvalue weighted by Gasteiger charge is 2.22. The minimum absolute atomic E-state index is 0.461. The molecule has 8 aromatic carbocycles. The van der Waals surface area contributed by atoms with Crippen LogP contribution in [0.5, 0.6) is 0 Å². The zero-order valence-corrected chi connectivity index (χ0v) is 26.4. The van der Waals surface area contributed by atoms with Gasteiger partial charge in [-0.25, -0.2) is 4.85 Å². The molecule has 0 fully saturated rings. The SMILES string of the molecule is [C-]#[N+]c1cc(C#N)cc(-c2ccc(-n3c4ccccc4c4ccccc43)cc2)c1-c1c2ccccc2c(-c2ccccc2)c2ccccc12. The van der Waals surface area contributed by atoms with Crippen molar-refractivity contribution in [1.82, 2.24) is 4.57 Å². The molecule has 0 atom stereocenters. The molecule has 0 unspecified atom stereocenters. The van der Waals surface area contributed by atoms with Gasteiger partial charge in [0.05, 0.1) is 23.7 Å². The van der Waals surface area contributed by atoms with E-state index in [4.69, 9.17) is 6.57 Å². The second-order valence-electron chi connectivity index (χ2n) is 12.3. The van der Waals surface area contributed by atoms with Crippen LogP contribution >= 0.6 is 0 Å². The summed E-state index contributed by atoms with van der Waals surface area (Å²) in [6.07, 6.45) is 0. The van der Waals surface area contributed by atoms with E-state index >= 15 is 0 Å². The lowest BCUT2D eigenvalue weighted by Crippen LogP contribution is -1.95. The van der Waals surface area contributed by atoms with Crippen molar-refractivity contribution in [2.75, 3.05) is 0 Å². The third kappa shape index (κ3) is 4.42. The molecular weight excluding hydrogens is 595 g/mol. The number of para-hydroxylation sites is 2. The van der Waals surface area contributed by atoms with Gasteiger partial charge in [0.25, 0.3) is 0 Å². The smallest absolute Gasteiger partial charge is 0.196 e. The van der Waals surface area contributed by atoms with Crippen LogP contribution in [0.15, 0.2) is 164 Å². The first-order valence-corrected chi connectivity index (χ1v) is 16.3. The van der Waals surface area contributed by atoms with Crippen LogP contribution in [0.3, 0.4) is 0 Å². The highest BCUT2D eigenvalue weighted by Crippen LogP contribution is 2.49. The first-order chi connectivity index (χ1) is 24.2. The van der Waals surface area contributed by atoms with Crippen molar-refractivity contribution in [3.63, 3.8) is 0 Å². The predicted octanol–water partition coefficient (Wildman–Crippen LogP) is 12.5. The summed E-state index contributed by atoms with van der Waals surface area (Å²) < 4.78 is 2.30. The first-order valence-electron chi connectivity index (χ1n) is 16.3. The van der Waals surface area contributed by atoms with Crippen molar-refractivity contribution in [1.29, 1.82) is 5.26 Å². The number of nitrogens with zero attached hydrogens (tertiary/aromatic N) is 3. The van der Waals surface area contributed by atoms with Crippen LogP contribution < -0.4 is 0 Å². The van der Waals surface area contributed by atoms with E-state index in [2.05, 4.69) is 161 Å². The van der Waals surface area contributed by atoms with Crippen molar-refractivity contribution in [3.05, 3.63) is 181 Å². The molecule has 1 heterocycles. The number of benzene rings is 8. The van der Waals surface area contributed by atoms with Gasteiger partial charge in [0.15, 0.2) is 5.69 Å². The Morgan fingerprint density at radius 1 is 0.469 bits per heavy atom. The van der Waals surface area contributed by atoms with Gasteiger partial charge in [0, 0.05) is 22.0 Å². The molecule has 3 nitrogen and oxygen atoms in total. The lowest BCUT2D eigenvalue weighted by Gasteiger charge is -2.21. The van der Waals surface area contributed by atoms with Crippen LogP contribution in [0.1, 0.15) is 5.56 Å². The van der Waals surface area contributed by atoms with Gasteiger partial charge in [-0.15, -0.1) is 0 Å². The van der Waals surface area contributed by atoms with Crippen molar-refractivity contribution in [3.8, 4) is 45.1 Å². The van der Waals surface area contributed by atoms with Crippen LogP contribution in [0.4, 0.5) is 5.69 Å². The lowest BCUT2D eigenvalue weighted by atomic mass is 9.82. The molecule has 0 aliphatic heterocycles. The molecule has 0 amide bonds. The molecule has 0 aliphatic carbocycles. The van der Waals surface area contributed by atoms with Crippen molar-refractivity contribution in [2.45, 2.75) is 0 Å². The molecule has 1 aromatic heterocycles. The second kappa shape index (κ2) is 11.4. The van der Waals surface area contributed by atoms with Gasteiger partial charge in [-0.3, -0.25) is 0 Å². The minimum Gasteiger partial charge on any atom is -0.309 e. The fourth-order valence-electron chi connectivity index (χ4n) is 7.57. The number of nitriles is 1. The Kier molecular flexibility index (Phi) is 6.58. The third-order valence-electron chi connectivity index (χ3n) is 9.63. The second-order valence-corrected chi connectivity index (χ2v) is 12.3. The Morgan fingerprint density at radius 2 is 0.959 bits per heavy atom. The molecular formula is C46H27N3. The summed E-state index contributed by atoms with van der Waals surface area (Å²) in [5, 5.41) is 16.9. The Hall–Kier alpha value is -6.94. The molecule has 0 saturated heterocycles. The molecule has 0 spiro atoms. The quantitative estimate of drug-likeness (QED) is 0.142. The van der Waals surface area contributed by atoms with E-state index in [1.54, 1.807) is 6.07 Å². The summed E-state index contributed by atoms with van der Waals surface area (Å²) in [6.45, 7) is 8.35. The normalized spacial score (nSPS) is 11.2. The van der Waals surface area contributed by atoms with Crippen molar-refractivity contribution in [2.24, 2.45) is 0 Å². The summed E-state index contributed by atoms with van der Waals surface area (Å²) in [5.74, 6) is 0. The highest BCUT2D eigenvalue weighted by molar-refractivity contribution is 6.23. The molecule has 0 aliphatic rings. The van der Waals surface area contributed by atoms with E-state index in [9.17, 15) is 5.26 Å². The number of fused-ring (bicyclic) bond motifs is 5. The zero-order valence-electron chi connectivity index (χ0n) is 26.4. The van der Waals surface area contributed by atoms with E-state index in [1.807, 2.05) is 12.1 Å². The fraction of sp³-hybridized carbons (Fsp3) is 0. The van der Waals surface area contributed by atoms with Gasteiger partial charge in [-0.1, -0.05) is 127 Å². The number of rotatable bonds is 4. The molecule has 0 N–H and O–H groups in total. The summed E-state index contributed by atoms with van der Waals surface area (Å²) in [4.78, 5) is 4.06. The van der Waals surface area contributed by atoms with Crippen LogP contribution in [0, 0.1) is 17.9 Å². The van der Waals surface area contributed by atoms with Crippen molar-refractivity contribution >= 4 is 49.0 Å². The zero-order chi connectivity index (χ0) is 32.9. The number of hydrogen-bond donors (Lipinski definition) is 0. The van der Waals surface area contributed by atoms with Gasteiger partial charge in [-0.05, 0) is 91.3 Å². The molecule has 0 saturated carbocycles. The van der Waals surface area contributed by atoms with Gasteiger partial charge >= 0.3 is 0 Å². The van der Waals surface area contributed by atoms with E-state index in [0.717, 1.165) is 66.1 Å². The molecule has 226 valence electrons. The minimum atomic E-state index is 0.461. The van der Waals surface area contributed by atoms with Crippen LogP contribution in [-0.2, 0) is 0 Å². The van der Waals surface area contributed by atoms with Gasteiger partial charge in [0.1, 0.15) is 0 Å². The lowest BCUT2D eigenvalue weighted by molar-refractivity contribution is 1.18. The standard InChI is InChI=1S/C46H27N3/c1-48-41-28-30(29-47)27-40(31-23-25-33(26-24-31)49-42-21-11-9-15-34(42)35-16-10-12-22-43(35)49)46(41)45-38-19-7-5-17-36(38)44(32-13-3-2-4-14-32)37-18-6-8-20-39(37)45/h2-28H. The Labute approximate surface area is 284 Å². The van der Waals surface area contributed by atoms with Crippen molar-refractivity contribution < 1.29 is 0 Å². The maximum Gasteiger partial charge on any atom is 0.196 e. The molecule has 9 aromatic rings. The van der Waals surface area contributed by atoms with Gasteiger partial charge in [0.2, 0.25) is 0 Å². The molecule has 9 rings (SSSR count). The monoisotopic (exact) mass is 621 g/mol. The average molecular weight is 622 g/mol. The predicted molar refractivity (Wildman–Crippen MR) is 203 cm³/mol. The van der Waals surface area contributed by atoms with Crippen LogP contribution in [0.2, 0.25) is 0 Å². The average Bonchev–Trinajstić information content (AvgIpc) is 3.51. The van der Waals surface area contributed by atoms with E-state index in [1.165, 1.54) is 16.3 Å². The third-order valence-corrected chi connectivity index (χ3v) is 9.63. The summed E-state index contributed by atoms with van der Waals surface area (Å²) in [6, 6.07) is 59.0. The molecule has 0 radical (unpaired) electrons. The number of hydrogen-bond acceptors (Lipinski definition) is 1. The van der Waals surface area contributed by atoms with E-state index in [-0.39, 0.29) is 0 Å². The van der Waals surface area contributed by atoms with Gasteiger partial charge < -0.3 is 4.57 Å². The number of aromatic nitrogens is 1.